The van der Waals surface area contributed by atoms with Gasteiger partial charge in [-0.1, -0.05) is 6.07 Å². The molecule has 0 radical (unpaired) electrons. The SMILES string of the molecule is Cc1c(C(=O)NCC(=O)NNc2ncnc(N)c2[N+](=O)[O-])cccc1[N+](=O)[O-]. The van der Waals surface area contributed by atoms with Crippen LogP contribution >= 0.6 is 0 Å². The molecule has 0 atom stereocenters. The molecule has 1 aromatic heterocycles. The smallest absolute Gasteiger partial charge is 0.354 e. The first-order chi connectivity index (χ1) is 13.2. The number of hydrogen-bond acceptors (Lipinski definition) is 10. The highest BCUT2D eigenvalue weighted by molar-refractivity contribution is 5.98. The number of benzene rings is 1. The molecule has 0 fully saturated rings. The minimum atomic E-state index is -0.823. The number of hydrazine groups is 1. The van der Waals surface area contributed by atoms with Crippen molar-refractivity contribution in [1.29, 1.82) is 0 Å². The predicted molar refractivity (Wildman–Crippen MR) is 95.0 cm³/mol. The van der Waals surface area contributed by atoms with Crippen LogP contribution in [0.25, 0.3) is 0 Å². The van der Waals surface area contributed by atoms with Gasteiger partial charge >= 0.3 is 5.69 Å². The summed E-state index contributed by atoms with van der Waals surface area (Å²) in [6.07, 6.45) is 0.962. The standard InChI is InChI=1S/C14H14N8O6/c1-7-8(3-2-4-9(7)21(25)26)14(24)16-5-10(23)19-20-13-11(22(27)28)12(15)17-6-18-13/h2-4,6H,5H2,1H3,(H,16,24)(H,19,23)(H3,15,17,18,20). The number of nitro groups is 2. The Morgan fingerprint density at radius 1 is 1.18 bits per heavy atom. The Balaban J connectivity index is 1.98. The second-order valence-electron chi connectivity index (χ2n) is 5.28. The number of carbonyl (C=O) groups is 2. The van der Waals surface area contributed by atoms with Gasteiger partial charge in [0, 0.05) is 17.2 Å². The third kappa shape index (κ3) is 4.43. The average molecular weight is 390 g/mol. The number of nitrogens with zero attached hydrogens (tertiary/aromatic N) is 4. The Labute approximate surface area is 156 Å². The summed E-state index contributed by atoms with van der Waals surface area (Å²) in [5, 5.41) is 24.2. The van der Waals surface area contributed by atoms with Gasteiger partial charge in [0.15, 0.2) is 0 Å². The van der Waals surface area contributed by atoms with E-state index in [2.05, 4.69) is 26.1 Å². The van der Waals surface area contributed by atoms with Gasteiger partial charge in [0.05, 0.1) is 16.4 Å². The zero-order valence-electron chi connectivity index (χ0n) is 14.3. The van der Waals surface area contributed by atoms with Crippen molar-refractivity contribution in [3.63, 3.8) is 0 Å². The summed E-state index contributed by atoms with van der Waals surface area (Å²) in [7, 11) is 0. The summed E-state index contributed by atoms with van der Waals surface area (Å²) >= 11 is 0. The molecule has 0 aliphatic heterocycles. The number of aromatic nitrogens is 2. The van der Waals surface area contributed by atoms with Gasteiger partial charge in [0.1, 0.15) is 6.33 Å². The molecule has 146 valence electrons. The highest BCUT2D eigenvalue weighted by atomic mass is 16.6. The van der Waals surface area contributed by atoms with Gasteiger partial charge in [-0.2, -0.15) is 0 Å². The van der Waals surface area contributed by atoms with Crippen molar-refractivity contribution in [3.8, 4) is 0 Å². The second-order valence-corrected chi connectivity index (χ2v) is 5.28. The Morgan fingerprint density at radius 2 is 1.89 bits per heavy atom. The van der Waals surface area contributed by atoms with E-state index in [9.17, 15) is 29.8 Å². The van der Waals surface area contributed by atoms with Crippen LogP contribution in [0.1, 0.15) is 15.9 Å². The molecule has 0 saturated carbocycles. The molecule has 2 rings (SSSR count). The van der Waals surface area contributed by atoms with Crippen LogP contribution in [-0.4, -0.2) is 38.2 Å². The Hall–Kier alpha value is -4.36. The molecule has 0 spiro atoms. The molecule has 0 aliphatic rings. The molecule has 5 N–H and O–H groups in total. The fourth-order valence-corrected chi connectivity index (χ4v) is 2.16. The molecule has 1 aromatic carbocycles. The number of nitrogens with two attached hydrogens (primary N) is 1. The summed E-state index contributed by atoms with van der Waals surface area (Å²) in [5.74, 6) is -2.20. The third-order valence-corrected chi connectivity index (χ3v) is 3.51. The Morgan fingerprint density at radius 3 is 2.54 bits per heavy atom. The van der Waals surface area contributed by atoms with Crippen LogP contribution in [0.3, 0.4) is 0 Å². The maximum absolute atomic E-state index is 12.1. The second kappa shape index (κ2) is 8.35. The lowest BCUT2D eigenvalue weighted by molar-refractivity contribution is -0.385. The third-order valence-electron chi connectivity index (χ3n) is 3.51. The molecule has 0 aliphatic carbocycles. The molecule has 0 saturated heterocycles. The maximum Gasteiger partial charge on any atom is 0.354 e. The van der Waals surface area contributed by atoms with Crippen molar-refractivity contribution < 1.29 is 19.4 Å². The van der Waals surface area contributed by atoms with E-state index in [4.69, 9.17) is 5.73 Å². The van der Waals surface area contributed by atoms with Crippen molar-refractivity contribution in [2.75, 3.05) is 17.7 Å². The highest BCUT2D eigenvalue weighted by Crippen LogP contribution is 2.25. The van der Waals surface area contributed by atoms with Gasteiger partial charge in [-0.3, -0.25) is 40.7 Å². The van der Waals surface area contributed by atoms with Gasteiger partial charge in [-0.15, -0.1) is 0 Å². The van der Waals surface area contributed by atoms with Crippen molar-refractivity contribution in [3.05, 3.63) is 55.9 Å². The number of carbonyl (C=O) groups excluding carboxylic acids is 2. The summed E-state index contributed by atoms with van der Waals surface area (Å²) in [5.41, 5.74) is 9.05. The molecule has 0 bridgehead atoms. The zero-order valence-corrected chi connectivity index (χ0v) is 14.3. The topological polar surface area (TPSA) is 208 Å². The van der Waals surface area contributed by atoms with Crippen LogP contribution in [0.5, 0.6) is 0 Å². The number of hydrogen-bond donors (Lipinski definition) is 4. The quantitative estimate of drug-likeness (QED) is 0.369. The number of nitrogen functional groups attached to an aromatic ring is 1. The molecular formula is C14H14N8O6. The Kier molecular flexibility index (Phi) is 5.95. The highest BCUT2D eigenvalue weighted by Gasteiger charge is 2.22. The minimum Gasteiger partial charge on any atom is -0.378 e. The monoisotopic (exact) mass is 390 g/mol. The van der Waals surface area contributed by atoms with E-state index in [1.54, 1.807) is 0 Å². The molecular weight excluding hydrogens is 376 g/mol. The summed E-state index contributed by atoms with van der Waals surface area (Å²) in [6, 6.07) is 3.98. The molecule has 14 nitrogen and oxygen atoms in total. The predicted octanol–water partition coefficient (Wildman–Crippen LogP) is 0.0567. The molecule has 14 heteroatoms. The lowest BCUT2D eigenvalue weighted by atomic mass is 10.1. The summed E-state index contributed by atoms with van der Waals surface area (Å²) in [6.45, 7) is 0.898. The van der Waals surface area contributed by atoms with Gasteiger partial charge in [-0.25, -0.2) is 9.97 Å². The van der Waals surface area contributed by atoms with Gasteiger partial charge in [-0.05, 0) is 13.0 Å². The minimum absolute atomic E-state index is 0.0363. The van der Waals surface area contributed by atoms with Crippen molar-refractivity contribution in [2.45, 2.75) is 6.92 Å². The number of anilines is 2. The van der Waals surface area contributed by atoms with Crippen molar-refractivity contribution in [1.82, 2.24) is 20.7 Å². The lowest BCUT2D eigenvalue weighted by Gasteiger charge is -2.10. The summed E-state index contributed by atoms with van der Waals surface area (Å²) in [4.78, 5) is 51.5. The van der Waals surface area contributed by atoms with E-state index in [0.717, 1.165) is 6.33 Å². The van der Waals surface area contributed by atoms with E-state index in [1.807, 2.05) is 0 Å². The van der Waals surface area contributed by atoms with Gasteiger partial charge in [0.25, 0.3) is 17.5 Å². The molecule has 2 aromatic rings. The molecule has 28 heavy (non-hydrogen) atoms. The maximum atomic E-state index is 12.1. The van der Waals surface area contributed by atoms with Crippen LogP contribution in [0, 0.1) is 27.2 Å². The molecule has 1 heterocycles. The van der Waals surface area contributed by atoms with Gasteiger partial charge < -0.3 is 11.1 Å². The zero-order chi connectivity index (χ0) is 20.8. The largest absolute Gasteiger partial charge is 0.378 e. The first-order valence-corrected chi connectivity index (χ1v) is 7.54. The lowest BCUT2D eigenvalue weighted by Crippen LogP contribution is -2.40. The van der Waals surface area contributed by atoms with Gasteiger partial charge in [0.2, 0.25) is 11.6 Å². The number of amides is 2. The average Bonchev–Trinajstić information content (AvgIpc) is 2.64. The number of nitro benzene ring substituents is 1. The van der Waals surface area contributed by atoms with Crippen LogP contribution in [0.4, 0.5) is 23.0 Å². The van der Waals surface area contributed by atoms with Crippen LogP contribution in [0.15, 0.2) is 24.5 Å². The van der Waals surface area contributed by atoms with Crippen LogP contribution < -0.4 is 21.9 Å². The summed E-state index contributed by atoms with van der Waals surface area (Å²) < 4.78 is 0. The van der Waals surface area contributed by atoms with E-state index in [-0.39, 0.29) is 22.6 Å². The Bertz CT molecular complexity index is 963. The van der Waals surface area contributed by atoms with Crippen LogP contribution in [-0.2, 0) is 4.79 Å². The first kappa shape index (κ1) is 20.0. The van der Waals surface area contributed by atoms with E-state index in [1.165, 1.54) is 25.1 Å². The number of rotatable bonds is 7. The van der Waals surface area contributed by atoms with E-state index < -0.39 is 39.7 Å². The fourth-order valence-electron chi connectivity index (χ4n) is 2.16. The molecule has 0 unspecified atom stereocenters. The first-order valence-electron chi connectivity index (χ1n) is 7.54. The van der Waals surface area contributed by atoms with E-state index in [0.29, 0.717) is 0 Å². The number of nitrogens with one attached hydrogen (secondary N) is 3. The van der Waals surface area contributed by atoms with Crippen molar-refractivity contribution >= 4 is 34.8 Å². The normalized spacial score (nSPS) is 10.0. The molecule has 2 amide bonds. The van der Waals surface area contributed by atoms with E-state index >= 15 is 0 Å². The fraction of sp³-hybridized carbons (Fsp3) is 0.143. The van der Waals surface area contributed by atoms with Crippen LogP contribution in [0.2, 0.25) is 0 Å². The van der Waals surface area contributed by atoms with Crippen molar-refractivity contribution in [2.24, 2.45) is 0 Å².